The summed E-state index contributed by atoms with van der Waals surface area (Å²) in [5.74, 6) is 0.112. The predicted molar refractivity (Wildman–Crippen MR) is 79.9 cm³/mol. The molecule has 0 aromatic carbocycles. The molecule has 6 nitrogen and oxygen atoms in total. The number of nitrogens with one attached hydrogen (secondary N) is 1. The first-order valence-corrected chi connectivity index (χ1v) is 7.66. The van der Waals surface area contributed by atoms with Crippen LogP contribution in [0.2, 0.25) is 0 Å². The lowest BCUT2D eigenvalue weighted by atomic mass is 10.4. The highest BCUT2D eigenvalue weighted by Crippen LogP contribution is 2.24. The number of anilines is 1. The smallest absolute Gasteiger partial charge is 0.276 e. The predicted octanol–water partition coefficient (Wildman–Crippen LogP) is 3.31. The van der Waals surface area contributed by atoms with E-state index in [-0.39, 0.29) is 17.4 Å². The van der Waals surface area contributed by atoms with Crippen LogP contribution in [0.15, 0.2) is 33.6 Å². The van der Waals surface area contributed by atoms with E-state index in [0.29, 0.717) is 21.6 Å². The summed E-state index contributed by atoms with van der Waals surface area (Å²) >= 11 is 2.52. The average Bonchev–Trinajstić information content (AvgIpc) is 3.19. The van der Waals surface area contributed by atoms with E-state index in [1.165, 1.54) is 29.6 Å². The van der Waals surface area contributed by atoms with Gasteiger partial charge in [0, 0.05) is 17.7 Å². The highest BCUT2D eigenvalue weighted by atomic mass is 32.1. The minimum Gasteiger partial charge on any atom is -0.462 e. The Kier molecular flexibility index (Phi) is 3.63. The van der Waals surface area contributed by atoms with Crippen LogP contribution in [0.4, 0.5) is 5.13 Å². The maximum atomic E-state index is 12.1. The third kappa shape index (κ3) is 2.91. The molecule has 0 radical (unpaired) electrons. The van der Waals surface area contributed by atoms with Crippen LogP contribution in [0, 0.1) is 0 Å². The summed E-state index contributed by atoms with van der Waals surface area (Å²) in [4.78, 5) is 31.5. The summed E-state index contributed by atoms with van der Waals surface area (Å²) in [6, 6.07) is 3.54. The highest BCUT2D eigenvalue weighted by molar-refractivity contribution is 7.14. The molecule has 3 heterocycles. The minimum absolute atomic E-state index is 0.138. The van der Waals surface area contributed by atoms with Gasteiger partial charge in [0.15, 0.2) is 21.7 Å². The van der Waals surface area contributed by atoms with Gasteiger partial charge in [-0.1, -0.05) is 0 Å². The molecule has 0 spiro atoms. The molecule has 0 bridgehead atoms. The Bertz CT molecular complexity index is 789. The number of thiazole rings is 2. The molecule has 3 aromatic rings. The zero-order valence-electron chi connectivity index (χ0n) is 10.8. The van der Waals surface area contributed by atoms with Crippen LogP contribution in [-0.2, 0) is 0 Å². The molecular weight excluding hydrogens is 310 g/mol. The molecule has 0 aliphatic heterocycles. The van der Waals surface area contributed by atoms with E-state index in [0.717, 1.165) is 0 Å². The molecule has 3 rings (SSSR count). The molecule has 0 saturated carbocycles. The number of carbonyl (C=O) groups is 2. The Hall–Kier alpha value is -2.32. The quantitative estimate of drug-likeness (QED) is 0.746. The van der Waals surface area contributed by atoms with Crippen LogP contribution in [0.25, 0.3) is 10.8 Å². The third-order valence-electron chi connectivity index (χ3n) is 2.55. The van der Waals surface area contributed by atoms with Crippen LogP contribution >= 0.6 is 22.7 Å². The molecule has 3 aromatic heterocycles. The maximum absolute atomic E-state index is 12.1. The first-order valence-electron chi connectivity index (χ1n) is 5.90. The van der Waals surface area contributed by atoms with Crippen molar-refractivity contribution in [3.05, 3.63) is 40.5 Å². The Morgan fingerprint density at radius 1 is 1.19 bits per heavy atom. The van der Waals surface area contributed by atoms with Gasteiger partial charge in [-0.05, 0) is 12.1 Å². The number of aromatic nitrogens is 2. The maximum Gasteiger partial charge on any atom is 0.276 e. The summed E-state index contributed by atoms with van der Waals surface area (Å²) in [5.41, 5.74) is 0.621. The number of nitrogens with zero attached hydrogens (tertiary/aromatic N) is 2. The van der Waals surface area contributed by atoms with E-state index in [2.05, 4.69) is 15.3 Å². The van der Waals surface area contributed by atoms with Crippen molar-refractivity contribution in [2.24, 2.45) is 0 Å². The van der Waals surface area contributed by atoms with E-state index in [1.807, 2.05) is 0 Å². The summed E-state index contributed by atoms with van der Waals surface area (Å²) in [5, 5.41) is 6.88. The lowest BCUT2D eigenvalue weighted by molar-refractivity contribution is 0.100. The fraction of sp³-hybridized carbons (Fsp3) is 0.0769. The Balaban J connectivity index is 1.74. The van der Waals surface area contributed by atoms with Crippen molar-refractivity contribution >= 4 is 39.5 Å². The average molecular weight is 319 g/mol. The number of amides is 1. The molecule has 1 N–H and O–H groups in total. The van der Waals surface area contributed by atoms with Crippen molar-refractivity contribution in [2.45, 2.75) is 6.92 Å². The van der Waals surface area contributed by atoms with E-state index in [4.69, 9.17) is 4.42 Å². The van der Waals surface area contributed by atoms with Gasteiger partial charge in [-0.15, -0.1) is 22.7 Å². The van der Waals surface area contributed by atoms with Crippen LogP contribution in [0.1, 0.15) is 27.9 Å². The van der Waals surface area contributed by atoms with Gasteiger partial charge in [0.2, 0.25) is 0 Å². The van der Waals surface area contributed by atoms with Crippen molar-refractivity contribution in [3.8, 4) is 10.8 Å². The molecule has 0 saturated heterocycles. The summed E-state index contributed by atoms with van der Waals surface area (Å²) < 4.78 is 5.23. The van der Waals surface area contributed by atoms with Crippen molar-refractivity contribution in [1.29, 1.82) is 0 Å². The zero-order valence-corrected chi connectivity index (χ0v) is 12.5. The number of rotatable bonds is 4. The normalized spacial score (nSPS) is 10.5. The lowest BCUT2D eigenvalue weighted by Gasteiger charge is -1.97. The second kappa shape index (κ2) is 5.58. The molecule has 0 atom stereocenters. The monoisotopic (exact) mass is 319 g/mol. The van der Waals surface area contributed by atoms with Gasteiger partial charge in [-0.25, -0.2) is 9.97 Å². The Morgan fingerprint density at radius 3 is 2.67 bits per heavy atom. The largest absolute Gasteiger partial charge is 0.462 e. The molecule has 21 heavy (non-hydrogen) atoms. The van der Waals surface area contributed by atoms with Crippen LogP contribution in [0.5, 0.6) is 0 Å². The van der Waals surface area contributed by atoms with Gasteiger partial charge >= 0.3 is 0 Å². The number of furan rings is 1. The fourth-order valence-corrected chi connectivity index (χ4v) is 3.06. The van der Waals surface area contributed by atoms with Crippen LogP contribution < -0.4 is 5.32 Å². The van der Waals surface area contributed by atoms with E-state index in [9.17, 15) is 9.59 Å². The zero-order chi connectivity index (χ0) is 14.8. The highest BCUT2D eigenvalue weighted by Gasteiger charge is 2.15. The second-order valence-electron chi connectivity index (χ2n) is 4.06. The van der Waals surface area contributed by atoms with E-state index in [1.54, 1.807) is 29.2 Å². The van der Waals surface area contributed by atoms with Crippen molar-refractivity contribution in [2.75, 3.05) is 5.32 Å². The van der Waals surface area contributed by atoms with Crippen LogP contribution in [0.3, 0.4) is 0 Å². The van der Waals surface area contributed by atoms with Crippen molar-refractivity contribution in [3.63, 3.8) is 0 Å². The molecule has 0 aliphatic carbocycles. The molecule has 0 fully saturated rings. The standard InChI is InChI=1S/C13H9N3O3S2/c1-7(17)8-5-21-13(15-8)16-11(18)9-6-20-12(14-9)10-3-2-4-19-10/h2-6H,1H3,(H,15,16,18). The van der Waals surface area contributed by atoms with Gasteiger partial charge in [-0.2, -0.15) is 0 Å². The topological polar surface area (TPSA) is 85.1 Å². The third-order valence-corrected chi connectivity index (χ3v) is 4.17. The molecule has 0 aliphatic rings. The van der Waals surface area contributed by atoms with Crippen molar-refractivity contribution in [1.82, 2.24) is 9.97 Å². The molecule has 1 amide bonds. The van der Waals surface area contributed by atoms with Gasteiger partial charge in [0.1, 0.15) is 11.4 Å². The molecule has 0 unspecified atom stereocenters. The summed E-state index contributed by atoms with van der Waals surface area (Å²) in [6.07, 6.45) is 1.55. The summed E-state index contributed by atoms with van der Waals surface area (Å²) in [7, 11) is 0. The number of ketones is 1. The number of hydrogen-bond acceptors (Lipinski definition) is 7. The summed E-state index contributed by atoms with van der Waals surface area (Å²) in [6.45, 7) is 1.43. The first kappa shape index (κ1) is 13.7. The van der Waals surface area contributed by atoms with Crippen LogP contribution in [-0.4, -0.2) is 21.7 Å². The molecular formula is C13H9N3O3S2. The van der Waals surface area contributed by atoms with Gasteiger partial charge in [0.25, 0.3) is 5.91 Å². The van der Waals surface area contributed by atoms with Gasteiger partial charge < -0.3 is 4.42 Å². The van der Waals surface area contributed by atoms with E-state index >= 15 is 0 Å². The number of Topliss-reactive ketones (excluding diaryl/α,β-unsaturated/α-hetero) is 1. The second-order valence-corrected chi connectivity index (χ2v) is 5.78. The number of hydrogen-bond donors (Lipinski definition) is 1. The Labute approximate surface area is 127 Å². The van der Waals surface area contributed by atoms with E-state index < -0.39 is 0 Å². The SMILES string of the molecule is CC(=O)c1csc(NC(=O)c2csc(-c3ccco3)n2)n1. The first-order chi connectivity index (χ1) is 10.1. The Morgan fingerprint density at radius 2 is 2.00 bits per heavy atom. The van der Waals surface area contributed by atoms with Crippen molar-refractivity contribution < 1.29 is 14.0 Å². The van der Waals surface area contributed by atoms with Gasteiger partial charge in [-0.3, -0.25) is 14.9 Å². The number of carbonyl (C=O) groups excluding carboxylic acids is 2. The lowest BCUT2D eigenvalue weighted by Crippen LogP contribution is -2.12. The van der Waals surface area contributed by atoms with Gasteiger partial charge in [0.05, 0.1) is 6.26 Å². The fourth-order valence-electron chi connectivity index (χ4n) is 1.55. The molecule has 106 valence electrons. The minimum atomic E-state index is -0.367. The molecule has 8 heteroatoms.